The number of ether oxygens (including phenoxy) is 3. The molecule has 2 aromatic heterocycles. The van der Waals surface area contributed by atoms with Crippen LogP contribution >= 0.6 is 23.1 Å². The molecule has 10 heteroatoms. The van der Waals surface area contributed by atoms with Crippen LogP contribution in [0, 0.1) is 0 Å². The monoisotopic (exact) mass is 456 g/mol. The Labute approximate surface area is 187 Å². The Morgan fingerprint density at radius 2 is 1.84 bits per heavy atom. The Balaban J connectivity index is 1.39. The number of imidazole rings is 1. The summed E-state index contributed by atoms with van der Waals surface area (Å²) in [6.45, 7) is 0. The van der Waals surface area contributed by atoms with E-state index in [2.05, 4.69) is 20.3 Å². The predicted molar refractivity (Wildman–Crippen MR) is 123 cm³/mol. The quantitative estimate of drug-likeness (QED) is 0.378. The van der Waals surface area contributed by atoms with Crippen LogP contribution in [0.2, 0.25) is 0 Å². The lowest BCUT2D eigenvalue weighted by Crippen LogP contribution is -2.13. The van der Waals surface area contributed by atoms with Crippen molar-refractivity contribution in [3.63, 3.8) is 0 Å². The molecule has 0 fully saturated rings. The van der Waals surface area contributed by atoms with Crippen LogP contribution in [-0.4, -0.2) is 47.9 Å². The van der Waals surface area contributed by atoms with Crippen LogP contribution in [0.5, 0.6) is 17.2 Å². The van der Waals surface area contributed by atoms with Gasteiger partial charge in [0, 0.05) is 23.1 Å². The van der Waals surface area contributed by atoms with Gasteiger partial charge in [-0.15, -0.1) is 11.3 Å². The molecule has 4 aromatic rings. The highest BCUT2D eigenvalue weighted by molar-refractivity contribution is 7.99. The molecule has 2 N–H and O–H groups in total. The molecule has 0 atom stereocenters. The zero-order chi connectivity index (χ0) is 21.8. The van der Waals surface area contributed by atoms with Crippen LogP contribution in [0.25, 0.3) is 22.3 Å². The van der Waals surface area contributed by atoms with Gasteiger partial charge in [-0.1, -0.05) is 11.8 Å². The van der Waals surface area contributed by atoms with Crippen molar-refractivity contribution in [1.82, 2.24) is 15.0 Å². The number of nitrogens with one attached hydrogen (secondary N) is 2. The molecule has 0 aliphatic heterocycles. The van der Waals surface area contributed by atoms with Crippen LogP contribution in [0.15, 0.2) is 46.9 Å². The van der Waals surface area contributed by atoms with E-state index in [1.807, 2.05) is 35.7 Å². The van der Waals surface area contributed by atoms with E-state index in [9.17, 15) is 4.79 Å². The van der Waals surface area contributed by atoms with Crippen LogP contribution in [0.4, 0.5) is 5.13 Å². The van der Waals surface area contributed by atoms with Crippen LogP contribution in [0.3, 0.4) is 0 Å². The minimum Gasteiger partial charge on any atom is -0.497 e. The van der Waals surface area contributed by atoms with E-state index in [0.29, 0.717) is 21.8 Å². The fourth-order valence-electron chi connectivity index (χ4n) is 2.91. The van der Waals surface area contributed by atoms with Crippen molar-refractivity contribution in [2.45, 2.75) is 5.16 Å². The molecule has 0 aliphatic carbocycles. The number of rotatable bonds is 8. The molecule has 0 saturated heterocycles. The van der Waals surface area contributed by atoms with Gasteiger partial charge in [0.25, 0.3) is 0 Å². The lowest BCUT2D eigenvalue weighted by Gasteiger charge is -2.08. The van der Waals surface area contributed by atoms with Gasteiger partial charge in [-0.2, -0.15) is 0 Å². The number of fused-ring (bicyclic) bond motifs is 1. The molecule has 4 rings (SSSR count). The maximum absolute atomic E-state index is 12.4. The number of anilines is 1. The number of benzene rings is 2. The average molecular weight is 457 g/mol. The van der Waals surface area contributed by atoms with Crippen LogP contribution in [-0.2, 0) is 4.79 Å². The number of methoxy groups -OCH3 is 3. The SMILES string of the molecule is COc1ccc(-c2csc(NC(=O)CSc3nc4ccc(OC)cc4[nH]3)n2)c(OC)c1. The molecule has 2 heterocycles. The number of aromatic nitrogens is 3. The standard InChI is InChI=1S/C21H20N4O4S2/c1-27-12-5-7-15-16(8-12)23-20(22-15)31-11-19(26)25-21-24-17(10-30-21)14-6-4-13(28-2)9-18(14)29-3/h4-10H,11H2,1-3H3,(H,22,23)(H,24,25,26). The largest absolute Gasteiger partial charge is 0.497 e. The number of H-pyrrole nitrogens is 1. The van der Waals surface area contributed by atoms with E-state index >= 15 is 0 Å². The second-order valence-electron chi connectivity index (χ2n) is 6.37. The number of thioether (sulfide) groups is 1. The number of carbonyl (C=O) groups is 1. The number of nitrogens with zero attached hydrogens (tertiary/aromatic N) is 2. The molecule has 0 bridgehead atoms. The summed E-state index contributed by atoms with van der Waals surface area (Å²) in [4.78, 5) is 24.6. The van der Waals surface area contributed by atoms with E-state index in [1.165, 1.54) is 23.1 Å². The van der Waals surface area contributed by atoms with Crippen molar-refractivity contribution in [3.8, 4) is 28.5 Å². The minimum absolute atomic E-state index is 0.161. The van der Waals surface area contributed by atoms with Gasteiger partial charge >= 0.3 is 0 Å². The fourth-order valence-corrected chi connectivity index (χ4v) is 4.33. The summed E-state index contributed by atoms with van der Waals surface area (Å²) in [6.07, 6.45) is 0. The molecule has 160 valence electrons. The van der Waals surface area contributed by atoms with E-state index in [1.54, 1.807) is 27.4 Å². The average Bonchev–Trinajstić information content (AvgIpc) is 3.43. The van der Waals surface area contributed by atoms with Gasteiger partial charge in [-0.05, 0) is 24.3 Å². The maximum Gasteiger partial charge on any atom is 0.236 e. The third-order valence-electron chi connectivity index (χ3n) is 4.44. The van der Waals surface area contributed by atoms with E-state index in [4.69, 9.17) is 14.2 Å². The van der Waals surface area contributed by atoms with Crippen molar-refractivity contribution >= 4 is 45.2 Å². The van der Waals surface area contributed by atoms with Gasteiger partial charge in [0.05, 0.1) is 43.8 Å². The highest BCUT2D eigenvalue weighted by atomic mass is 32.2. The summed E-state index contributed by atoms with van der Waals surface area (Å²) in [5.74, 6) is 2.15. The Hall–Kier alpha value is -3.24. The van der Waals surface area contributed by atoms with Crippen LogP contribution in [0.1, 0.15) is 0 Å². The van der Waals surface area contributed by atoms with Gasteiger partial charge in [0.15, 0.2) is 10.3 Å². The zero-order valence-corrected chi connectivity index (χ0v) is 18.7. The van der Waals surface area contributed by atoms with Crippen molar-refractivity contribution in [1.29, 1.82) is 0 Å². The first-order valence-corrected chi connectivity index (χ1v) is 11.1. The Bertz CT molecular complexity index is 1220. The summed E-state index contributed by atoms with van der Waals surface area (Å²) >= 11 is 2.68. The Kier molecular flexibility index (Phi) is 6.28. The number of amides is 1. The van der Waals surface area contributed by atoms with Gasteiger partial charge in [-0.25, -0.2) is 9.97 Å². The summed E-state index contributed by atoms with van der Waals surface area (Å²) in [5.41, 5.74) is 3.23. The number of hydrogen-bond donors (Lipinski definition) is 2. The highest BCUT2D eigenvalue weighted by Gasteiger charge is 2.14. The molecule has 0 spiro atoms. The van der Waals surface area contributed by atoms with Gasteiger partial charge in [0.1, 0.15) is 17.2 Å². The molecule has 2 aromatic carbocycles. The Morgan fingerprint density at radius 1 is 1.06 bits per heavy atom. The topological polar surface area (TPSA) is 98.4 Å². The van der Waals surface area contributed by atoms with E-state index < -0.39 is 0 Å². The first-order valence-electron chi connectivity index (χ1n) is 9.24. The summed E-state index contributed by atoms with van der Waals surface area (Å²) in [7, 11) is 4.82. The molecular weight excluding hydrogens is 436 g/mol. The highest BCUT2D eigenvalue weighted by Crippen LogP contribution is 2.35. The molecule has 8 nitrogen and oxygen atoms in total. The molecular formula is C21H20N4O4S2. The number of aromatic amines is 1. The Morgan fingerprint density at radius 3 is 2.61 bits per heavy atom. The first kappa shape index (κ1) is 21.0. The second-order valence-corrected chi connectivity index (χ2v) is 8.19. The fraction of sp³-hybridized carbons (Fsp3) is 0.190. The number of thiazole rings is 1. The lowest BCUT2D eigenvalue weighted by atomic mass is 10.1. The van der Waals surface area contributed by atoms with Crippen molar-refractivity contribution < 1.29 is 19.0 Å². The molecule has 0 aliphatic rings. The van der Waals surface area contributed by atoms with E-state index in [0.717, 1.165) is 28.0 Å². The summed E-state index contributed by atoms with van der Waals surface area (Å²) < 4.78 is 15.9. The second kappa shape index (κ2) is 9.27. The zero-order valence-electron chi connectivity index (χ0n) is 17.1. The summed E-state index contributed by atoms with van der Waals surface area (Å²) in [5, 5.41) is 5.90. The molecule has 0 unspecified atom stereocenters. The third-order valence-corrected chi connectivity index (χ3v) is 6.07. The smallest absolute Gasteiger partial charge is 0.236 e. The molecule has 0 saturated carbocycles. The number of hydrogen-bond acceptors (Lipinski definition) is 8. The van der Waals surface area contributed by atoms with Gasteiger partial charge < -0.3 is 24.5 Å². The normalized spacial score (nSPS) is 10.8. The summed E-state index contributed by atoms with van der Waals surface area (Å²) in [6, 6.07) is 11.1. The lowest BCUT2D eigenvalue weighted by molar-refractivity contribution is -0.113. The van der Waals surface area contributed by atoms with Crippen molar-refractivity contribution in [2.75, 3.05) is 32.4 Å². The van der Waals surface area contributed by atoms with Crippen molar-refractivity contribution in [2.24, 2.45) is 0 Å². The third kappa shape index (κ3) is 4.75. The minimum atomic E-state index is -0.161. The van der Waals surface area contributed by atoms with Gasteiger partial charge in [-0.3, -0.25) is 4.79 Å². The van der Waals surface area contributed by atoms with Crippen molar-refractivity contribution in [3.05, 3.63) is 41.8 Å². The molecule has 31 heavy (non-hydrogen) atoms. The van der Waals surface area contributed by atoms with E-state index in [-0.39, 0.29) is 11.7 Å². The maximum atomic E-state index is 12.4. The van der Waals surface area contributed by atoms with Crippen LogP contribution < -0.4 is 19.5 Å². The predicted octanol–water partition coefficient (Wildman–Crippen LogP) is 4.44. The van der Waals surface area contributed by atoms with Gasteiger partial charge in [0.2, 0.25) is 5.91 Å². The number of carbonyl (C=O) groups excluding carboxylic acids is 1. The molecule has 1 amide bonds. The first-order chi connectivity index (χ1) is 15.1. The molecule has 0 radical (unpaired) electrons.